The smallest absolute Gasteiger partial charge is 0.261 e. The number of carbonyl (C=O) groups is 1. The Labute approximate surface area is 123 Å². The van der Waals surface area contributed by atoms with Gasteiger partial charge in [-0.2, -0.15) is 0 Å². The van der Waals surface area contributed by atoms with Gasteiger partial charge in [-0.15, -0.1) is 0 Å². The van der Waals surface area contributed by atoms with Crippen molar-refractivity contribution < 1.29 is 13.2 Å². The molecular formula is C14H18ClNO3S. The second-order valence-electron chi connectivity index (χ2n) is 5.36. The van der Waals surface area contributed by atoms with Crippen LogP contribution in [-0.2, 0) is 9.05 Å². The summed E-state index contributed by atoms with van der Waals surface area (Å²) in [6.07, 6.45) is 3.52. The molecule has 1 amide bonds. The molecule has 1 saturated carbocycles. The molecule has 6 heteroatoms. The Morgan fingerprint density at radius 3 is 2.50 bits per heavy atom. The summed E-state index contributed by atoms with van der Waals surface area (Å²) in [6, 6.07) is 2.83. The van der Waals surface area contributed by atoms with Crippen molar-refractivity contribution in [3.63, 3.8) is 0 Å². The van der Waals surface area contributed by atoms with Crippen molar-refractivity contribution in [3.05, 3.63) is 28.8 Å². The number of nitrogens with one attached hydrogen (secondary N) is 1. The van der Waals surface area contributed by atoms with E-state index >= 15 is 0 Å². The Hall–Kier alpha value is -1.07. The standard InChI is InChI=1S/C14H18ClNO3S/c1-9-6-12(20(15,18)19)7-13(10(9)2)14(17)16-8-11-4-3-5-11/h6-7,11H,3-5,8H2,1-2H3,(H,16,17). The molecule has 1 aliphatic rings. The van der Waals surface area contributed by atoms with E-state index in [0.29, 0.717) is 18.0 Å². The van der Waals surface area contributed by atoms with Gasteiger partial charge < -0.3 is 5.32 Å². The number of aryl methyl sites for hydroxylation is 1. The summed E-state index contributed by atoms with van der Waals surface area (Å²) >= 11 is 0. The Morgan fingerprint density at radius 1 is 1.35 bits per heavy atom. The van der Waals surface area contributed by atoms with Gasteiger partial charge in [0.05, 0.1) is 4.90 Å². The van der Waals surface area contributed by atoms with Crippen molar-refractivity contribution >= 4 is 25.6 Å². The molecule has 0 aromatic heterocycles. The Bertz CT molecular complexity index is 636. The van der Waals surface area contributed by atoms with Crippen molar-refractivity contribution in [3.8, 4) is 0 Å². The molecule has 2 rings (SSSR count). The second-order valence-corrected chi connectivity index (χ2v) is 7.92. The normalized spacial score (nSPS) is 15.8. The van der Waals surface area contributed by atoms with Crippen LogP contribution in [0.4, 0.5) is 0 Å². The lowest BCUT2D eigenvalue weighted by molar-refractivity contribution is 0.0938. The van der Waals surface area contributed by atoms with Crippen LogP contribution < -0.4 is 5.32 Å². The first-order chi connectivity index (χ1) is 9.29. The molecule has 110 valence electrons. The number of benzene rings is 1. The number of hydrogen-bond donors (Lipinski definition) is 1. The van der Waals surface area contributed by atoms with Crippen LogP contribution in [-0.4, -0.2) is 20.9 Å². The molecule has 1 fully saturated rings. The third-order valence-electron chi connectivity index (χ3n) is 3.94. The summed E-state index contributed by atoms with van der Waals surface area (Å²) < 4.78 is 22.9. The van der Waals surface area contributed by atoms with Crippen molar-refractivity contribution in [1.29, 1.82) is 0 Å². The Balaban J connectivity index is 2.24. The van der Waals surface area contributed by atoms with Gasteiger partial charge in [-0.25, -0.2) is 8.42 Å². The predicted molar refractivity (Wildman–Crippen MR) is 78.6 cm³/mol. The highest BCUT2D eigenvalue weighted by atomic mass is 35.7. The van der Waals surface area contributed by atoms with Gasteiger partial charge in [0.15, 0.2) is 0 Å². The minimum Gasteiger partial charge on any atom is -0.352 e. The summed E-state index contributed by atoms with van der Waals surface area (Å²) in [5, 5.41) is 2.87. The van der Waals surface area contributed by atoms with Crippen molar-refractivity contribution in [2.75, 3.05) is 6.54 Å². The molecule has 0 spiro atoms. The van der Waals surface area contributed by atoms with Gasteiger partial charge in [0.1, 0.15) is 0 Å². The highest BCUT2D eigenvalue weighted by molar-refractivity contribution is 8.13. The molecule has 0 saturated heterocycles. The molecule has 20 heavy (non-hydrogen) atoms. The van der Waals surface area contributed by atoms with E-state index in [1.165, 1.54) is 18.6 Å². The molecule has 0 radical (unpaired) electrons. The first kappa shape index (κ1) is 15.3. The van der Waals surface area contributed by atoms with Gasteiger partial charge in [0.2, 0.25) is 0 Å². The molecule has 0 atom stereocenters. The van der Waals surface area contributed by atoms with Crippen LogP contribution in [0.2, 0.25) is 0 Å². The van der Waals surface area contributed by atoms with Gasteiger partial charge in [0, 0.05) is 22.8 Å². The third-order valence-corrected chi connectivity index (χ3v) is 5.28. The van der Waals surface area contributed by atoms with E-state index in [9.17, 15) is 13.2 Å². The predicted octanol–water partition coefficient (Wildman–Crippen LogP) is 2.76. The van der Waals surface area contributed by atoms with E-state index in [1.54, 1.807) is 13.8 Å². The maximum Gasteiger partial charge on any atom is 0.261 e. The fourth-order valence-corrected chi connectivity index (χ4v) is 3.08. The van der Waals surface area contributed by atoms with E-state index in [0.717, 1.165) is 24.0 Å². The average molecular weight is 316 g/mol. The van der Waals surface area contributed by atoms with Crippen LogP contribution in [0.1, 0.15) is 40.7 Å². The first-order valence-electron chi connectivity index (χ1n) is 6.63. The van der Waals surface area contributed by atoms with Gasteiger partial charge in [-0.05, 0) is 55.9 Å². The molecule has 0 heterocycles. The molecule has 0 unspecified atom stereocenters. The van der Waals surface area contributed by atoms with Crippen LogP contribution >= 0.6 is 10.7 Å². The maximum atomic E-state index is 12.2. The van der Waals surface area contributed by atoms with Gasteiger partial charge in [-0.3, -0.25) is 4.79 Å². The zero-order valence-electron chi connectivity index (χ0n) is 11.6. The summed E-state index contributed by atoms with van der Waals surface area (Å²) in [5.74, 6) is 0.319. The number of rotatable bonds is 4. The number of hydrogen-bond acceptors (Lipinski definition) is 3. The summed E-state index contributed by atoms with van der Waals surface area (Å²) in [5.41, 5.74) is 1.89. The Kier molecular flexibility index (Phi) is 4.39. The lowest BCUT2D eigenvalue weighted by Crippen LogP contribution is -2.32. The van der Waals surface area contributed by atoms with Crippen LogP contribution in [0.5, 0.6) is 0 Å². The van der Waals surface area contributed by atoms with E-state index in [1.807, 2.05) is 0 Å². The third kappa shape index (κ3) is 3.33. The largest absolute Gasteiger partial charge is 0.352 e. The molecule has 1 aromatic carbocycles. The SMILES string of the molecule is Cc1cc(S(=O)(=O)Cl)cc(C(=O)NCC2CCC2)c1C. The minimum absolute atomic E-state index is 0.0314. The number of halogens is 1. The number of carbonyl (C=O) groups excluding carboxylic acids is 1. The van der Waals surface area contributed by atoms with E-state index in [2.05, 4.69) is 5.32 Å². The van der Waals surface area contributed by atoms with Crippen LogP contribution in [0, 0.1) is 19.8 Å². The molecule has 1 N–H and O–H groups in total. The number of amides is 1. The average Bonchev–Trinajstić information content (AvgIpc) is 2.28. The fraction of sp³-hybridized carbons (Fsp3) is 0.500. The highest BCUT2D eigenvalue weighted by Gasteiger charge is 2.21. The van der Waals surface area contributed by atoms with E-state index < -0.39 is 9.05 Å². The van der Waals surface area contributed by atoms with Gasteiger partial charge in [0.25, 0.3) is 15.0 Å². The lowest BCUT2D eigenvalue weighted by Gasteiger charge is -2.25. The summed E-state index contributed by atoms with van der Waals surface area (Å²) in [6.45, 7) is 4.22. The minimum atomic E-state index is -3.83. The van der Waals surface area contributed by atoms with Gasteiger partial charge >= 0.3 is 0 Å². The van der Waals surface area contributed by atoms with Crippen LogP contribution in [0.3, 0.4) is 0 Å². The van der Waals surface area contributed by atoms with Crippen LogP contribution in [0.15, 0.2) is 17.0 Å². The molecule has 4 nitrogen and oxygen atoms in total. The van der Waals surface area contributed by atoms with Crippen LogP contribution in [0.25, 0.3) is 0 Å². The topological polar surface area (TPSA) is 63.2 Å². The Morgan fingerprint density at radius 2 is 2.00 bits per heavy atom. The van der Waals surface area contributed by atoms with Crippen molar-refractivity contribution in [1.82, 2.24) is 5.32 Å². The van der Waals surface area contributed by atoms with Crippen molar-refractivity contribution in [2.45, 2.75) is 38.0 Å². The van der Waals surface area contributed by atoms with Crippen molar-refractivity contribution in [2.24, 2.45) is 5.92 Å². The second kappa shape index (κ2) is 5.74. The monoisotopic (exact) mass is 315 g/mol. The molecular weight excluding hydrogens is 298 g/mol. The highest BCUT2D eigenvalue weighted by Crippen LogP contribution is 2.26. The van der Waals surface area contributed by atoms with E-state index in [4.69, 9.17) is 10.7 Å². The molecule has 0 bridgehead atoms. The molecule has 1 aromatic rings. The zero-order valence-corrected chi connectivity index (χ0v) is 13.1. The maximum absolute atomic E-state index is 12.2. The molecule has 1 aliphatic carbocycles. The summed E-state index contributed by atoms with van der Waals surface area (Å²) in [4.78, 5) is 12.2. The van der Waals surface area contributed by atoms with Gasteiger partial charge in [-0.1, -0.05) is 6.42 Å². The van der Waals surface area contributed by atoms with E-state index in [-0.39, 0.29) is 10.8 Å². The quantitative estimate of drug-likeness (QED) is 0.869. The summed E-state index contributed by atoms with van der Waals surface area (Å²) in [7, 11) is 1.53. The fourth-order valence-electron chi connectivity index (χ4n) is 2.23. The molecule has 0 aliphatic heterocycles. The first-order valence-corrected chi connectivity index (χ1v) is 8.94. The lowest BCUT2D eigenvalue weighted by atomic mass is 9.85. The zero-order chi connectivity index (χ0) is 14.9.